The fourth-order valence-corrected chi connectivity index (χ4v) is 1.30. The van der Waals surface area contributed by atoms with Crippen LogP contribution in [0, 0.1) is 0 Å². The van der Waals surface area contributed by atoms with E-state index in [1.54, 1.807) is 12.1 Å². The third-order valence-electron chi connectivity index (χ3n) is 2.35. The summed E-state index contributed by atoms with van der Waals surface area (Å²) in [7, 11) is 3.26. The van der Waals surface area contributed by atoms with Gasteiger partial charge in [-0.3, -0.25) is 9.59 Å². The van der Waals surface area contributed by atoms with Gasteiger partial charge in [-0.05, 0) is 24.3 Å². The van der Waals surface area contributed by atoms with Crippen molar-refractivity contribution in [2.45, 2.75) is 6.42 Å². The highest BCUT2D eigenvalue weighted by Gasteiger charge is 2.04. The lowest BCUT2D eigenvalue weighted by Crippen LogP contribution is -2.21. The largest absolute Gasteiger partial charge is 0.469 e. The number of carbonyl (C=O) groups excluding carboxylic acids is 2. The SMILES string of the molecule is COC(=O)CCN(C)c1ccc(C=O)cc1. The second kappa shape index (κ2) is 5.90. The molecule has 0 aliphatic carbocycles. The van der Waals surface area contributed by atoms with Crippen molar-refractivity contribution in [1.29, 1.82) is 0 Å². The number of anilines is 1. The Morgan fingerprint density at radius 3 is 2.50 bits per heavy atom. The van der Waals surface area contributed by atoms with Gasteiger partial charge in [0, 0.05) is 24.8 Å². The molecule has 1 rings (SSSR count). The number of hydrogen-bond acceptors (Lipinski definition) is 4. The maximum Gasteiger partial charge on any atom is 0.307 e. The molecule has 0 spiro atoms. The van der Waals surface area contributed by atoms with Gasteiger partial charge in [0.25, 0.3) is 0 Å². The number of benzene rings is 1. The number of rotatable bonds is 5. The maximum atomic E-state index is 11.0. The van der Waals surface area contributed by atoms with Gasteiger partial charge in [0.1, 0.15) is 6.29 Å². The molecule has 1 aromatic rings. The van der Waals surface area contributed by atoms with E-state index in [1.165, 1.54) is 7.11 Å². The van der Waals surface area contributed by atoms with Crippen LogP contribution in [0.25, 0.3) is 0 Å². The highest BCUT2D eigenvalue weighted by molar-refractivity contribution is 5.75. The molecule has 1 aromatic carbocycles. The first-order chi connectivity index (χ1) is 7.67. The van der Waals surface area contributed by atoms with E-state index >= 15 is 0 Å². The summed E-state index contributed by atoms with van der Waals surface area (Å²) >= 11 is 0. The molecule has 0 aromatic heterocycles. The van der Waals surface area contributed by atoms with Crippen molar-refractivity contribution >= 4 is 17.9 Å². The summed E-state index contributed by atoms with van der Waals surface area (Å²) in [5.41, 5.74) is 1.61. The molecule has 16 heavy (non-hydrogen) atoms. The average molecular weight is 221 g/mol. The molecular weight excluding hydrogens is 206 g/mol. The Morgan fingerprint density at radius 1 is 1.38 bits per heavy atom. The van der Waals surface area contributed by atoms with Gasteiger partial charge in [-0.15, -0.1) is 0 Å². The molecule has 0 saturated carbocycles. The van der Waals surface area contributed by atoms with Gasteiger partial charge >= 0.3 is 5.97 Å². The first-order valence-electron chi connectivity index (χ1n) is 5.00. The summed E-state index contributed by atoms with van der Waals surface area (Å²) in [5, 5.41) is 0. The van der Waals surface area contributed by atoms with Crippen LogP contribution in [0.2, 0.25) is 0 Å². The molecule has 4 nitrogen and oxygen atoms in total. The zero-order chi connectivity index (χ0) is 12.0. The zero-order valence-corrected chi connectivity index (χ0v) is 9.47. The predicted molar refractivity (Wildman–Crippen MR) is 61.7 cm³/mol. The lowest BCUT2D eigenvalue weighted by molar-refractivity contribution is -0.140. The van der Waals surface area contributed by atoms with Gasteiger partial charge in [-0.2, -0.15) is 0 Å². The Balaban J connectivity index is 2.55. The minimum Gasteiger partial charge on any atom is -0.469 e. The summed E-state index contributed by atoms with van der Waals surface area (Å²) in [6, 6.07) is 7.19. The Kier molecular flexibility index (Phi) is 4.51. The lowest BCUT2D eigenvalue weighted by atomic mass is 10.2. The van der Waals surface area contributed by atoms with Crippen LogP contribution in [-0.2, 0) is 9.53 Å². The minimum atomic E-state index is -0.226. The molecule has 86 valence electrons. The van der Waals surface area contributed by atoms with Crippen molar-refractivity contribution in [3.8, 4) is 0 Å². The van der Waals surface area contributed by atoms with Gasteiger partial charge in [0.2, 0.25) is 0 Å². The first-order valence-corrected chi connectivity index (χ1v) is 5.00. The fraction of sp³-hybridized carbons (Fsp3) is 0.333. The zero-order valence-electron chi connectivity index (χ0n) is 9.47. The van der Waals surface area contributed by atoms with E-state index in [-0.39, 0.29) is 5.97 Å². The van der Waals surface area contributed by atoms with Crippen molar-refractivity contribution in [3.05, 3.63) is 29.8 Å². The highest BCUT2D eigenvalue weighted by atomic mass is 16.5. The molecule has 0 N–H and O–H groups in total. The summed E-state index contributed by atoms with van der Waals surface area (Å²) in [5.74, 6) is -0.226. The van der Waals surface area contributed by atoms with Crippen LogP contribution in [-0.4, -0.2) is 33.0 Å². The van der Waals surface area contributed by atoms with Crippen molar-refractivity contribution < 1.29 is 14.3 Å². The maximum absolute atomic E-state index is 11.0. The molecule has 0 heterocycles. The Morgan fingerprint density at radius 2 is 2.00 bits per heavy atom. The molecule has 0 atom stereocenters. The number of ether oxygens (including phenoxy) is 1. The topological polar surface area (TPSA) is 46.6 Å². The van der Waals surface area contributed by atoms with Gasteiger partial charge in [-0.1, -0.05) is 0 Å². The number of esters is 1. The van der Waals surface area contributed by atoms with Crippen LogP contribution in [0.1, 0.15) is 16.8 Å². The molecule has 0 unspecified atom stereocenters. The van der Waals surface area contributed by atoms with E-state index in [0.29, 0.717) is 18.5 Å². The molecule has 0 amide bonds. The van der Waals surface area contributed by atoms with E-state index in [0.717, 1.165) is 12.0 Å². The third-order valence-corrected chi connectivity index (χ3v) is 2.35. The molecule has 0 aliphatic heterocycles. The summed E-state index contributed by atoms with van der Waals surface area (Å²) in [6.07, 6.45) is 1.15. The highest BCUT2D eigenvalue weighted by Crippen LogP contribution is 2.13. The average Bonchev–Trinajstić information content (AvgIpc) is 2.35. The summed E-state index contributed by atoms with van der Waals surface area (Å²) in [6.45, 7) is 0.590. The van der Waals surface area contributed by atoms with Gasteiger partial charge in [0.05, 0.1) is 13.5 Å². The van der Waals surface area contributed by atoms with Crippen molar-refractivity contribution in [2.24, 2.45) is 0 Å². The number of methoxy groups -OCH3 is 1. The van der Waals surface area contributed by atoms with Gasteiger partial charge in [-0.25, -0.2) is 0 Å². The van der Waals surface area contributed by atoms with E-state index in [1.807, 2.05) is 24.1 Å². The Labute approximate surface area is 94.8 Å². The molecule has 0 saturated heterocycles. The first kappa shape index (κ1) is 12.2. The van der Waals surface area contributed by atoms with Crippen molar-refractivity contribution in [2.75, 3.05) is 25.6 Å². The van der Waals surface area contributed by atoms with Gasteiger partial charge < -0.3 is 9.64 Å². The van der Waals surface area contributed by atoms with E-state index < -0.39 is 0 Å². The van der Waals surface area contributed by atoms with Crippen LogP contribution in [0.15, 0.2) is 24.3 Å². The van der Waals surface area contributed by atoms with Crippen LogP contribution in [0.3, 0.4) is 0 Å². The molecule has 0 fully saturated rings. The normalized spacial score (nSPS) is 9.62. The molecule has 0 aliphatic rings. The predicted octanol–water partition coefficient (Wildman–Crippen LogP) is 1.50. The summed E-state index contributed by atoms with van der Waals surface area (Å²) < 4.78 is 4.56. The Bertz CT molecular complexity index is 359. The molecular formula is C12H15NO3. The number of carbonyl (C=O) groups is 2. The third kappa shape index (κ3) is 3.38. The lowest BCUT2D eigenvalue weighted by Gasteiger charge is -2.18. The second-order valence-electron chi connectivity index (χ2n) is 3.46. The number of aldehydes is 1. The Hall–Kier alpha value is -1.84. The van der Waals surface area contributed by atoms with E-state index in [4.69, 9.17) is 0 Å². The number of hydrogen-bond donors (Lipinski definition) is 0. The molecule has 4 heteroatoms. The van der Waals surface area contributed by atoms with Crippen LogP contribution in [0.4, 0.5) is 5.69 Å². The fourth-order valence-electron chi connectivity index (χ4n) is 1.30. The number of nitrogens with zero attached hydrogens (tertiary/aromatic N) is 1. The van der Waals surface area contributed by atoms with Gasteiger partial charge in [0.15, 0.2) is 0 Å². The molecule has 0 bridgehead atoms. The van der Waals surface area contributed by atoms with Crippen LogP contribution in [0.5, 0.6) is 0 Å². The van der Waals surface area contributed by atoms with E-state index in [9.17, 15) is 9.59 Å². The van der Waals surface area contributed by atoms with Crippen LogP contribution >= 0.6 is 0 Å². The van der Waals surface area contributed by atoms with Crippen LogP contribution < -0.4 is 4.90 Å². The van der Waals surface area contributed by atoms with Crippen molar-refractivity contribution in [3.63, 3.8) is 0 Å². The smallest absolute Gasteiger partial charge is 0.307 e. The second-order valence-corrected chi connectivity index (χ2v) is 3.46. The molecule has 0 radical (unpaired) electrons. The standard InChI is InChI=1S/C12H15NO3/c1-13(8-7-12(15)16-2)11-5-3-10(9-14)4-6-11/h3-6,9H,7-8H2,1-2H3. The summed E-state index contributed by atoms with van der Waals surface area (Å²) in [4.78, 5) is 23.4. The minimum absolute atomic E-state index is 0.226. The monoisotopic (exact) mass is 221 g/mol. The van der Waals surface area contributed by atoms with Crippen molar-refractivity contribution in [1.82, 2.24) is 0 Å². The quantitative estimate of drug-likeness (QED) is 0.558. The van der Waals surface area contributed by atoms with E-state index in [2.05, 4.69) is 4.74 Å².